The minimum atomic E-state index is 0. The average molecular weight is 200 g/mol. The maximum Gasteiger partial charge on any atom is 0.113 e. The van der Waals surface area contributed by atoms with Gasteiger partial charge in [-0.15, -0.1) is 0 Å². The second-order valence-corrected chi connectivity index (χ2v) is 2.99. The van der Waals surface area contributed by atoms with Crippen LogP contribution in [0.2, 0.25) is 0 Å². The van der Waals surface area contributed by atoms with E-state index in [2.05, 4.69) is 18.2 Å². The smallest absolute Gasteiger partial charge is 0.113 e. The Morgan fingerprint density at radius 2 is 1.27 bits per heavy atom. The van der Waals surface area contributed by atoms with Crippen LogP contribution < -0.4 is 5.46 Å². The fraction of sp³-hybridized carbons (Fsp3) is 0. The van der Waals surface area contributed by atoms with E-state index in [0.29, 0.717) is 0 Å². The summed E-state index contributed by atoms with van der Waals surface area (Å²) in [5.41, 5.74) is 3.18. The van der Waals surface area contributed by atoms with Gasteiger partial charge in [0.05, 0.1) is 0 Å². The topological polar surface area (TPSA) is 63.0 Å². The lowest BCUT2D eigenvalue weighted by atomic mass is 9.92. The number of hydrogen-bond acceptors (Lipinski definition) is 0. The monoisotopic (exact) mass is 200 g/mol. The van der Waals surface area contributed by atoms with E-state index in [0.717, 1.165) is 5.46 Å². The van der Waals surface area contributed by atoms with Crippen LogP contribution in [0, 0.1) is 0 Å². The van der Waals surface area contributed by atoms with E-state index in [9.17, 15) is 0 Å². The summed E-state index contributed by atoms with van der Waals surface area (Å²) in [6.45, 7) is 0. The van der Waals surface area contributed by atoms with Gasteiger partial charge in [-0.1, -0.05) is 60.1 Å². The lowest BCUT2D eigenvalue weighted by Crippen LogP contribution is -1.99. The molecule has 2 nitrogen and oxygen atoms in total. The summed E-state index contributed by atoms with van der Waals surface area (Å²) in [6, 6.07) is 18.1. The molecule has 4 N–H and O–H groups in total. The predicted octanol–water partition coefficient (Wildman–Crippen LogP) is 0.498. The van der Waals surface area contributed by atoms with Crippen molar-refractivity contribution >= 4 is 13.3 Å². The van der Waals surface area contributed by atoms with Crippen molar-refractivity contribution in [1.82, 2.24) is 0 Å². The van der Waals surface area contributed by atoms with Gasteiger partial charge in [-0.25, -0.2) is 0 Å². The van der Waals surface area contributed by atoms with Crippen molar-refractivity contribution in [2.75, 3.05) is 0 Å². The van der Waals surface area contributed by atoms with Crippen molar-refractivity contribution in [3.63, 3.8) is 0 Å². The fourth-order valence-electron chi connectivity index (χ4n) is 1.35. The third kappa shape index (κ3) is 3.24. The molecular formula is C12H13BO2. The van der Waals surface area contributed by atoms with Crippen LogP contribution in [0.25, 0.3) is 11.1 Å². The third-order valence-corrected chi connectivity index (χ3v) is 1.99. The molecule has 0 saturated carbocycles. The maximum atomic E-state index is 5.70. The Balaban J connectivity index is 0.000000980. The molecule has 3 heteroatoms. The van der Waals surface area contributed by atoms with E-state index in [4.69, 9.17) is 7.85 Å². The van der Waals surface area contributed by atoms with Gasteiger partial charge in [-0.05, 0) is 11.1 Å². The zero-order valence-electron chi connectivity index (χ0n) is 8.27. The molecule has 2 aromatic rings. The van der Waals surface area contributed by atoms with Gasteiger partial charge in [0.15, 0.2) is 0 Å². The van der Waals surface area contributed by atoms with Crippen LogP contribution in [0.4, 0.5) is 0 Å². The first-order chi connectivity index (χ1) is 6.36. The molecule has 0 heterocycles. The van der Waals surface area contributed by atoms with Gasteiger partial charge in [0.25, 0.3) is 0 Å². The molecule has 0 atom stereocenters. The van der Waals surface area contributed by atoms with Crippen LogP contribution in [-0.2, 0) is 0 Å². The molecule has 0 aliphatic carbocycles. The Bertz CT molecular complexity index is 401. The van der Waals surface area contributed by atoms with E-state index in [1.807, 2.05) is 36.4 Å². The fourth-order valence-corrected chi connectivity index (χ4v) is 1.35. The molecule has 0 spiro atoms. The van der Waals surface area contributed by atoms with Gasteiger partial charge >= 0.3 is 0 Å². The Morgan fingerprint density at radius 1 is 0.667 bits per heavy atom. The first-order valence-electron chi connectivity index (χ1n) is 4.27. The Hall–Kier alpha value is -1.58. The molecule has 0 amide bonds. The van der Waals surface area contributed by atoms with Gasteiger partial charge < -0.3 is 11.0 Å². The first-order valence-corrected chi connectivity index (χ1v) is 4.27. The lowest BCUT2D eigenvalue weighted by Gasteiger charge is -2.01. The largest absolute Gasteiger partial charge is 0.412 e. The zero-order chi connectivity index (χ0) is 9.10. The molecule has 2 rings (SSSR count). The zero-order valence-corrected chi connectivity index (χ0v) is 8.27. The van der Waals surface area contributed by atoms with Crippen LogP contribution >= 0.6 is 0 Å². The highest BCUT2D eigenvalue weighted by molar-refractivity contribution is 6.32. The van der Waals surface area contributed by atoms with E-state index in [1.54, 1.807) is 0 Å². The van der Waals surface area contributed by atoms with Crippen molar-refractivity contribution < 1.29 is 11.0 Å². The average Bonchev–Trinajstić information content (AvgIpc) is 2.19. The highest BCUT2D eigenvalue weighted by Gasteiger charge is 1.94. The van der Waals surface area contributed by atoms with Gasteiger partial charge in [0.1, 0.15) is 7.85 Å². The van der Waals surface area contributed by atoms with Crippen LogP contribution in [0.1, 0.15) is 0 Å². The molecular weight excluding hydrogens is 187 g/mol. The molecule has 76 valence electrons. The molecule has 2 radical (unpaired) electrons. The number of rotatable bonds is 1. The second-order valence-electron chi connectivity index (χ2n) is 2.99. The van der Waals surface area contributed by atoms with E-state index in [-0.39, 0.29) is 11.0 Å². The molecule has 0 fully saturated rings. The quantitative estimate of drug-likeness (QED) is 0.601. The van der Waals surface area contributed by atoms with Gasteiger partial charge in [0.2, 0.25) is 0 Å². The summed E-state index contributed by atoms with van der Waals surface area (Å²) < 4.78 is 0. The predicted molar refractivity (Wildman–Crippen MR) is 64.5 cm³/mol. The van der Waals surface area contributed by atoms with Crippen molar-refractivity contribution in [2.45, 2.75) is 0 Å². The molecule has 0 unspecified atom stereocenters. The lowest BCUT2D eigenvalue weighted by molar-refractivity contribution is 0.823. The minimum Gasteiger partial charge on any atom is -0.412 e. The normalized spacial score (nSPS) is 8.53. The molecule has 0 bridgehead atoms. The first kappa shape index (κ1) is 13.4. The highest BCUT2D eigenvalue weighted by Crippen LogP contribution is 2.16. The summed E-state index contributed by atoms with van der Waals surface area (Å²) in [5, 5.41) is 0. The van der Waals surface area contributed by atoms with Crippen molar-refractivity contribution in [3.8, 4) is 11.1 Å². The van der Waals surface area contributed by atoms with Crippen LogP contribution in [0.3, 0.4) is 0 Å². The molecule has 0 saturated heterocycles. The summed E-state index contributed by atoms with van der Waals surface area (Å²) in [4.78, 5) is 0. The highest BCUT2D eigenvalue weighted by atomic mass is 16.0. The van der Waals surface area contributed by atoms with Crippen molar-refractivity contribution in [1.29, 1.82) is 0 Å². The van der Waals surface area contributed by atoms with Gasteiger partial charge in [-0.2, -0.15) is 0 Å². The Morgan fingerprint density at radius 3 is 1.87 bits per heavy atom. The second kappa shape index (κ2) is 6.01. The van der Waals surface area contributed by atoms with E-state index in [1.165, 1.54) is 11.1 Å². The minimum absolute atomic E-state index is 0. The number of benzene rings is 2. The molecule has 15 heavy (non-hydrogen) atoms. The summed E-state index contributed by atoms with van der Waals surface area (Å²) in [5.74, 6) is 0. The van der Waals surface area contributed by atoms with Crippen LogP contribution in [-0.4, -0.2) is 18.8 Å². The maximum absolute atomic E-state index is 5.70. The molecule has 0 aliphatic rings. The SMILES string of the molecule is O.O.[B]c1cccc(-c2ccccc2)c1. The van der Waals surface area contributed by atoms with Gasteiger partial charge in [0, 0.05) is 0 Å². The van der Waals surface area contributed by atoms with Crippen molar-refractivity contribution in [3.05, 3.63) is 54.6 Å². The van der Waals surface area contributed by atoms with Crippen LogP contribution in [0.5, 0.6) is 0 Å². The standard InChI is InChI=1S/C12H9B.2H2O/c13-12-8-4-7-11(9-12)10-5-2-1-3-6-10;;/h1-9H;2*1H2. The van der Waals surface area contributed by atoms with Crippen LogP contribution in [0.15, 0.2) is 54.6 Å². The van der Waals surface area contributed by atoms with E-state index >= 15 is 0 Å². The summed E-state index contributed by atoms with van der Waals surface area (Å²) in [6.07, 6.45) is 0. The Labute approximate surface area is 90.6 Å². The van der Waals surface area contributed by atoms with Crippen molar-refractivity contribution in [2.24, 2.45) is 0 Å². The Kier molecular flexibility index (Phi) is 5.38. The summed E-state index contributed by atoms with van der Waals surface area (Å²) >= 11 is 0. The van der Waals surface area contributed by atoms with Gasteiger partial charge in [-0.3, -0.25) is 0 Å². The third-order valence-electron chi connectivity index (χ3n) is 1.99. The summed E-state index contributed by atoms with van der Waals surface area (Å²) in [7, 11) is 5.70. The number of hydrogen-bond donors (Lipinski definition) is 0. The molecule has 0 aliphatic heterocycles. The van der Waals surface area contributed by atoms with E-state index < -0.39 is 0 Å². The molecule has 0 aromatic heterocycles. The molecule has 2 aromatic carbocycles.